The number of nitrogens with zero attached hydrogens (tertiary/aromatic N) is 1. The van der Waals surface area contributed by atoms with Crippen molar-refractivity contribution in [1.82, 2.24) is 4.90 Å². The van der Waals surface area contributed by atoms with E-state index in [-0.39, 0.29) is 22.1 Å². The van der Waals surface area contributed by atoms with E-state index in [1.165, 1.54) is 23.9 Å². The summed E-state index contributed by atoms with van der Waals surface area (Å²) in [4.78, 5) is 37.0. The highest BCUT2D eigenvalue weighted by Crippen LogP contribution is 2.47. The fourth-order valence-corrected chi connectivity index (χ4v) is 5.36. The number of carbonyl (C=O) groups excluding carboxylic acids is 2. The van der Waals surface area contributed by atoms with Gasteiger partial charge in [-0.25, -0.2) is 13.2 Å². The smallest absolute Gasteiger partial charge is 0.335 e. The van der Waals surface area contributed by atoms with E-state index in [1.807, 2.05) is 6.92 Å². The third-order valence-electron chi connectivity index (χ3n) is 4.60. The predicted molar refractivity (Wildman–Crippen MR) is 95.9 cm³/mol. The molecule has 0 aliphatic carbocycles. The van der Waals surface area contributed by atoms with Gasteiger partial charge in [0.2, 0.25) is 11.8 Å². The Hall–Kier alpha value is -2.07. The van der Waals surface area contributed by atoms with Crippen LogP contribution in [0.1, 0.15) is 30.1 Å². The van der Waals surface area contributed by atoms with Crippen LogP contribution in [0, 0.1) is 0 Å². The van der Waals surface area contributed by atoms with E-state index in [0.717, 1.165) is 12.3 Å². The molecule has 2 atom stereocenters. The fourth-order valence-electron chi connectivity index (χ4n) is 3.25. The number of amides is 2. The Bertz CT molecular complexity index is 913. The summed E-state index contributed by atoms with van der Waals surface area (Å²) < 4.78 is 23.5. The van der Waals surface area contributed by atoms with Crippen molar-refractivity contribution in [3.63, 3.8) is 0 Å². The van der Waals surface area contributed by atoms with Crippen molar-refractivity contribution < 1.29 is 27.9 Å². The molecule has 2 N–H and O–H groups in total. The highest BCUT2D eigenvalue weighted by atomic mass is 32.2. The van der Waals surface area contributed by atoms with Crippen LogP contribution in [0.4, 0.5) is 5.69 Å². The Kier molecular flexibility index (Phi) is 4.51. The average Bonchev–Trinajstić information content (AvgIpc) is 3.03. The Morgan fingerprint density at radius 1 is 1.35 bits per heavy atom. The number of fused-ring (bicyclic) bond motifs is 1. The summed E-state index contributed by atoms with van der Waals surface area (Å²) >= 11 is 1.54. The molecule has 0 bridgehead atoms. The number of carbonyl (C=O) groups is 3. The molecule has 26 heavy (non-hydrogen) atoms. The first-order valence-electron chi connectivity index (χ1n) is 7.87. The van der Waals surface area contributed by atoms with Gasteiger partial charge in [0.15, 0.2) is 9.84 Å². The number of carboxylic acids is 1. The molecule has 2 unspecified atom stereocenters. The Labute approximate surface area is 154 Å². The van der Waals surface area contributed by atoms with Gasteiger partial charge >= 0.3 is 5.97 Å². The first kappa shape index (κ1) is 18.7. The quantitative estimate of drug-likeness (QED) is 0.781. The highest BCUT2D eigenvalue weighted by Gasteiger charge is 2.52. The molecule has 2 amide bonds. The minimum Gasteiger partial charge on any atom is -0.478 e. The van der Waals surface area contributed by atoms with Crippen LogP contribution in [-0.4, -0.2) is 59.1 Å². The van der Waals surface area contributed by atoms with Gasteiger partial charge in [0.25, 0.3) is 0 Å². The maximum absolute atomic E-state index is 12.7. The fraction of sp³-hybridized carbons (Fsp3) is 0.438. The van der Waals surface area contributed by atoms with Crippen LogP contribution in [0.3, 0.4) is 0 Å². The molecular weight excluding hydrogens is 380 g/mol. The zero-order valence-corrected chi connectivity index (χ0v) is 15.8. The lowest BCUT2D eigenvalue weighted by atomic mass is 10.1. The number of sulfone groups is 1. The van der Waals surface area contributed by atoms with Crippen molar-refractivity contribution in [1.29, 1.82) is 0 Å². The van der Waals surface area contributed by atoms with Gasteiger partial charge in [0.05, 0.1) is 15.3 Å². The van der Waals surface area contributed by atoms with Crippen molar-refractivity contribution in [3.05, 3.63) is 23.8 Å². The van der Waals surface area contributed by atoms with Crippen molar-refractivity contribution >= 4 is 45.1 Å². The molecule has 2 fully saturated rings. The zero-order chi connectivity index (χ0) is 19.3. The molecule has 0 spiro atoms. The molecule has 1 aromatic rings. The van der Waals surface area contributed by atoms with Gasteiger partial charge in [-0.05, 0) is 31.5 Å². The standard InChI is InChI=1S/C16H18N2O6S2/c1-16-4-3-13(19)18(16)12(8-25-16)14(20)17-10-5-9(15(21)22)6-11(7-10)26(2,23)24/h5-7,12H,3-4,8H2,1-2H3,(H,17,20)(H,21,22). The summed E-state index contributed by atoms with van der Waals surface area (Å²) in [5.74, 6) is -1.41. The Morgan fingerprint density at radius 3 is 2.65 bits per heavy atom. The molecule has 3 rings (SSSR count). The van der Waals surface area contributed by atoms with Crippen LogP contribution >= 0.6 is 11.8 Å². The van der Waals surface area contributed by atoms with Gasteiger partial charge in [-0.15, -0.1) is 11.8 Å². The van der Waals surface area contributed by atoms with E-state index in [2.05, 4.69) is 5.32 Å². The van der Waals surface area contributed by atoms with E-state index in [1.54, 1.807) is 4.90 Å². The molecule has 2 aliphatic heterocycles. The zero-order valence-electron chi connectivity index (χ0n) is 14.2. The lowest BCUT2D eigenvalue weighted by Gasteiger charge is -2.29. The first-order chi connectivity index (χ1) is 12.0. The van der Waals surface area contributed by atoms with Gasteiger partial charge in [-0.2, -0.15) is 0 Å². The maximum atomic E-state index is 12.7. The van der Waals surface area contributed by atoms with Crippen LogP contribution in [0.25, 0.3) is 0 Å². The molecule has 2 aliphatic rings. The van der Waals surface area contributed by atoms with Crippen molar-refractivity contribution in [2.45, 2.75) is 35.6 Å². The first-order valence-corrected chi connectivity index (χ1v) is 10.7. The Morgan fingerprint density at radius 2 is 2.04 bits per heavy atom. The molecule has 0 radical (unpaired) electrons. The SMILES string of the molecule is CC12CCC(=O)N1C(C(=O)Nc1cc(C(=O)O)cc(S(C)(=O)=O)c1)CS2. The molecular formula is C16H18N2O6S2. The molecule has 2 heterocycles. The van der Waals surface area contributed by atoms with Crippen LogP contribution in [0.5, 0.6) is 0 Å². The second-order valence-corrected chi connectivity index (χ2v) is 10.1. The number of hydrogen-bond donors (Lipinski definition) is 2. The number of anilines is 1. The average molecular weight is 398 g/mol. The van der Waals surface area contributed by atoms with Gasteiger partial charge in [-0.3, -0.25) is 9.59 Å². The van der Waals surface area contributed by atoms with E-state index in [0.29, 0.717) is 18.6 Å². The topological polar surface area (TPSA) is 121 Å². The van der Waals surface area contributed by atoms with Gasteiger partial charge in [0.1, 0.15) is 6.04 Å². The Balaban J connectivity index is 1.89. The van der Waals surface area contributed by atoms with E-state index in [9.17, 15) is 27.9 Å². The molecule has 0 aromatic heterocycles. The number of rotatable bonds is 4. The monoisotopic (exact) mass is 398 g/mol. The van der Waals surface area contributed by atoms with E-state index >= 15 is 0 Å². The van der Waals surface area contributed by atoms with Gasteiger partial charge in [-0.1, -0.05) is 0 Å². The molecule has 1 aromatic carbocycles. The number of aromatic carboxylic acids is 1. The minimum absolute atomic E-state index is 0.0700. The second kappa shape index (κ2) is 6.27. The number of hydrogen-bond acceptors (Lipinski definition) is 6. The van der Waals surface area contributed by atoms with E-state index in [4.69, 9.17) is 0 Å². The lowest BCUT2D eigenvalue weighted by Crippen LogP contribution is -2.48. The van der Waals surface area contributed by atoms with Crippen molar-refractivity contribution in [3.8, 4) is 0 Å². The molecule has 8 nitrogen and oxygen atoms in total. The van der Waals surface area contributed by atoms with E-state index < -0.39 is 32.6 Å². The summed E-state index contributed by atoms with van der Waals surface area (Å²) in [6.45, 7) is 1.92. The highest BCUT2D eigenvalue weighted by molar-refractivity contribution is 8.01. The second-order valence-electron chi connectivity index (χ2n) is 6.58. The predicted octanol–water partition coefficient (Wildman–Crippen LogP) is 1.18. The van der Waals surface area contributed by atoms with Crippen LogP contribution in [-0.2, 0) is 19.4 Å². The minimum atomic E-state index is -3.65. The molecule has 2 saturated heterocycles. The third kappa shape index (κ3) is 3.30. The van der Waals surface area contributed by atoms with Crippen LogP contribution in [0.15, 0.2) is 23.1 Å². The lowest BCUT2D eigenvalue weighted by molar-refractivity contribution is -0.135. The number of carboxylic acid groups (broad SMARTS) is 1. The van der Waals surface area contributed by atoms with Crippen molar-refractivity contribution in [2.75, 3.05) is 17.3 Å². The summed E-state index contributed by atoms with van der Waals surface area (Å²) in [6, 6.07) is 2.78. The van der Waals surface area contributed by atoms with Gasteiger partial charge < -0.3 is 15.3 Å². The largest absolute Gasteiger partial charge is 0.478 e. The number of nitrogens with one attached hydrogen (secondary N) is 1. The van der Waals surface area contributed by atoms with Crippen LogP contribution in [0.2, 0.25) is 0 Å². The summed E-state index contributed by atoms with van der Waals surface area (Å²) in [5.41, 5.74) is -0.174. The molecule has 0 saturated carbocycles. The van der Waals surface area contributed by atoms with Crippen molar-refractivity contribution in [2.24, 2.45) is 0 Å². The maximum Gasteiger partial charge on any atom is 0.335 e. The normalized spacial score (nSPS) is 25.2. The summed E-state index contributed by atoms with van der Waals surface area (Å²) in [7, 11) is -3.65. The summed E-state index contributed by atoms with van der Waals surface area (Å²) in [6.07, 6.45) is 2.02. The number of thioether (sulfide) groups is 1. The third-order valence-corrected chi connectivity index (χ3v) is 7.19. The van der Waals surface area contributed by atoms with Gasteiger partial charge in [0, 0.05) is 24.1 Å². The van der Waals surface area contributed by atoms with Crippen LogP contribution < -0.4 is 5.32 Å². The summed E-state index contributed by atoms with van der Waals surface area (Å²) in [5, 5.41) is 11.7. The molecule has 10 heteroatoms. The molecule has 140 valence electrons. The number of benzene rings is 1.